The molecule has 0 saturated carbocycles. The molecule has 124 valence electrons. The van der Waals surface area contributed by atoms with Gasteiger partial charge in [-0.1, -0.05) is 12.1 Å². The zero-order valence-electron chi connectivity index (χ0n) is 12.4. The van der Waals surface area contributed by atoms with Gasteiger partial charge in [-0.15, -0.1) is 12.4 Å². The largest absolute Gasteiger partial charge is 0.434 e. The van der Waals surface area contributed by atoms with Crippen molar-refractivity contribution in [3.8, 4) is 5.75 Å². The van der Waals surface area contributed by atoms with Gasteiger partial charge in [0.25, 0.3) is 5.91 Å². The second kappa shape index (κ2) is 8.90. The molecule has 2 unspecified atom stereocenters. The summed E-state index contributed by atoms with van der Waals surface area (Å²) in [7, 11) is 0. The average Bonchev–Trinajstić information content (AvgIpc) is 2.48. The van der Waals surface area contributed by atoms with Crippen molar-refractivity contribution in [2.24, 2.45) is 5.92 Å². The van der Waals surface area contributed by atoms with Gasteiger partial charge in [-0.2, -0.15) is 8.78 Å². The molecule has 0 bridgehead atoms. The summed E-state index contributed by atoms with van der Waals surface area (Å²) >= 11 is 0. The number of carbonyl (C=O) groups is 1. The third kappa shape index (κ3) is 5.10. The number of benzene rings is 1. The minimum absolute atomic E-state index is 0. The molecule has 1 saturated heterocycles. The highest BCUT2D eigenvalue weighted by molar-refractivity contribution is 5.97. The Balaban J connectivity index is 0.00000242. The minimum atomic E-state index is -2.95. The normalized spacial score (nSPS) is 19.2. The maximum absolute atomic E-state index is 12.4. The van der Waals surface area contributed by atoms with Gasteiger partial charge in [0, 0.05) is 6.04 Å². The molecule has 1 aromatic carbocycles. The van der Waals surface area contributed by atoms with E-state index in [9.17, 15) is 13.6 Å². The van der Waals surface area contributed by atoms with E-state index >= 15 is 0 Å². The highest BCUT2D eigenvalue weighted by Crippen LogP contribution is 2.21. The quantitative estimate of drug-likeness (QED) is 0.870. The summed E-state index contributed by atoms with van der Waals surface area (Å²) in [5.41, 5.74) is 0.133. The summed E-state index contributed by atoms with van der Waals surface area (Å²) < 4.78 is 29.1. The van der Waals surface area contributed by atoms with E-state index in [1.165, 1.54) is 12.1 Å². The molecule has 2 N–H and O–H groups in total. The molecule has 0 spiro atoms. The highest BCUT2D eigenvalue weighted by Gasteiger charge is 2.23. The summed E-state index contributed by atoms with van der Waals surface area (Å²) in [6.07, 6.45) is 2.12. The van der Waals surface area contributed by atoms with E-state index in [0.29, 0.717) is 5.92 Å². The Morgan fingerprint density at radius 1 is 1.41 bits per heavy atom. The standard InChI is InChI=1S/C15H20F2N2O2.ClH/c1-10(11-5-4-8-18-9-11)19-14(20)12-6-2-3-7-13(12)21-15(16)17;/h2-3,6-7,10-11,15,18H,4-5,8-9H2,1H3,(H,19,20);1H. The Morgan fingerprint density at radius 2 is 2.14 bits per heavy atom. The van der Waals surface area contributed by atoms with E-state index in [-0.39, 0.29) is 35.7 Å². The van der Waals surface area contributed by atoms with Crippen molar-refractivity contribution < 1.29 is 18.3 Å². The fourth-order valence-corrected chi connectivity index (χ4v) is 2.56. The van der Waals surface area contributed by atoms with Crippen LogP contribution in [0.5, 0.6) is 5.75 Å². The smallest absolute Gasteiger partial charge is 0.387 e. The molecule has 22 heavy (non-hydrogen) atoms. The molecule has 4 nitrogen and oxygen atoms in total. The number of hydrogen-bond donors (Lipinski definition) is 2. The molecule has 1 heterocycles. The molecule has 1 amide bonds. The predicted octanol–water partition coefficient (Wildman–Crippen LogP) is 2.83. The Labute approximate surface area is 135 Å². The second-order valence-electron chi connectivity index (χ2n) is 5.24. The fraction of sp³-hybridized carbons (Fsp3) is 0.533. The number of alkyl halides is 2. The molecule has 2 atom stereocenters. The highest BCUT2D eigenvalue weighted by atomic mass is 35.5. The van der Waals surface area contributed by atoms with Gasteiger partial charge >= 0.3 is 6.61 Å². The van der Waals surface area contributed by atoms with Gasteiger partial charge in [-0.05, 0) is 50.9 Å². The Bertz CT molecular complexity index is 482. The minimum Gasteiger partial charge on any atom is -0.434 e. The second-order valence-corrected chi connectivity index (χ2v) is 5.24. The first-order valence-corrected chi connectivity index (χ1v) is 7.13. The number of carbonyl (C=O) groups excluding carboxylic acids is 1. The number of rotatable bonds is 5. The number of para-hydroxylation sites is 1. The monoisotopic (exact) mass is 334 g/mol. The zero-order valence-corrected chi connectivity index (χ0v) is 13.2. The van der Waals surface area contributed by atoms with E-state index in [0.717, 1.165) is 25.9 Å². The summed E-state index contributed by atoms with van der Waals surface area (Å²) in [6, 6.07) is 6.01. The molecule has 1 aliphatic heterocycles. The first-order chi connectivity index (χ1) is 10.1. The van der Waals surface area contributed by atoms with Gasteiger partial charge in [0.05, 0.1) is 5.56 Å². The molecule has 1 aliphatic rings. The number of halogens is 3. The SMILES string of the molecule is CC(NC(=O)c1ccccc1OC(F)F)C1CCCNC1.Cl. The van der Waals surface area contributed by atoms with Gasteiger partial charge in [0.2, 0.25) is 0 Å². The van der Waals surface area contributed by atoms with Crippen LogP contribution in [0.1, 0.15) is 30.1 Å². The Hall–Kier alpha value is -1.40. The zero-order chi connectivity index (χ0) is 15.2. The first-order valence-electron chi connectivity index (χ1n) is 7.13. The molecule has 0 aliphatic carbocycles. The molecular weight excluding hydrogens is 314 g/mol. The maximum Gasteiger partial charge on any atom is 0.387 e. The van der Waals surface area contributed by atoms with E-state index < -0.39 is 6.61 Å². The van der Waals surface area contributed by atoms with Gasteiger partial charge in [-0.25, -0.2) is 0 Å². The average molecular weight is 335 g/mol. The van der Waals surface area contributed by atoms with Crippen LogP contribution in [0.15, 0.2) is 24.3 Å². The van der Waals surface area contributed by atoms with Gasteiger partial charge < -0.3 is 15.4 Å². The third-order valence-electron chi connectivity index (χ3n) is 3.75. The van der Waals surface area contributed by atoms with Gasteiger partial charge in [-0.3, -0.25) is 4.79 Å². The molecule has 0 radical (unpaired) electrons. The van der Waals surface area contributed by atoms with E-state index in [1.54, 1.807) is 12.1 Å². The summed E-state index contributed by atoms with van der Waals surface area (Å²) in [4.78, 5) is 12.2. The molecule has 0 aromatic heterocycles. The number of nitrogens with one attached hydrogen (secondary N) is 2. The predicted molar refractivity (Wildman–Crippen MR) is 82.8 cm³/mol. The van der Waals surface area contributed by atoms with Crippen LogP contribution in [0, 0.1) is 5.92 Å². The Kier molecular flexibility index (Phi) is 7.55. The fourth-order valence-electron chi connectivity index (χ4n) is 2.56. The lowest BCUT2D eigenvalue weighted by molar-refractivity contribution is -0.0501. The van der Waals surface area contributed by atoms with E-state index in [1.807, 2.05) is 6.92 Å². The van der Waals surface area contributed by atoms with E-state index in [2.05, 4.69) is 15.4 Å². The van der Waals surface area contributed by atoms with Gasteiger partial charge in [0.15, 0.2) is 0 Å². The number of hydrogen-bond acceptors (Lipinski definition) is 3. The van der Waals surface area contributed by atoms with Crippen LogP contribution in [0.2, 0.25) is 0 Å². The summed E-state index contributed by atoms with van der Waals surface area (Å²) in [5, 5.41) is 6.17. The van der Waals surface area contributed by atoms with Crippen LogP contribution in [0.25, 0.3) is 0 Å². The number of amides is 1. The van der Waals surface area contributed by atoms with Crippen LogP contribution >= 0.6 is 12.4 Å². The molecule has 2 rings (SSSR count). The van der Waals surface area contributed by atoms with Crippen molar-refractivity contribution in [1.29, 1.82) is 0 Å². The van der Waals surface area contributed by atoms with Crippen LogP contribution in [0.4, 0.5) is 8.78 Å². The van der Waals surface area contributed by atoms with Crippen molar-refractivity contribution in [2.75, 3.05) is 13.1 Å². The van der Waals surface area contributed by atoms with Crippen LogP contribution in [-0.4, -0.2) is 31.7 Å². The van der Waals surface area contributed by atoms with Crippen molar-refractivity contribution in [3.05, 3.63) is 29.8 Å². The lowest BCUT2D eigenvalue weighted by Crippen LogP contribution is -2.44. The molecule has 1 fully saturated rings. The number of piperidine rings is 1. The Morgan fingerprint density at radius 3 is 2.77 bits per heavy atom. The van der Waals surface area contributed by atoms with E-state index in [4.69, 9.17) is 0 Å². The first kappa shape index (κ1) is 18.6. The topological polar surface area (TPSA) is 50.4 Å². The summed E-state index contributed by atoms with van der Waals surface area (Å²) in [6.45, 7) is 0.851. The van der Waals surface area contributed by atoms with Crippen LogP contribution in [-0.2, 0) is 0 Å². The lowest BCUT2D eigenvalue weighted by atomic mass is 9.92. The number of ether oxygens (including phenoxy) is 1. The van der Waals surface area contributed by atoms with Crippen molar-refractivity contribution in [2.45, 2.75) is 32.4 Å². The van der Waals surface area contributed by atoms with Crippen molar-refractivity contribution in [3.63, 3.8) is 0 Å². The van der Waals surface area contributed by atoms with Gasteiger partial charge in [0.1, 0.15) is 5.75 Å². The molecule has 1 aromatic rings. The molecule has 7 heteroatoms. The van der Waals surface area contributed by atoms with Crippen molar-refractivity contribution in [1.82, 2.24) is 10.6 Å². The maximum atomic E-state index is 12.4. The third-order valence-corrected chi connectivity index (χ3v) is 3.75. The van der Waals surface area contributed by atoms with Crippen LogP contribution in [0.3, 0.4) is 0 Å². The summed E-state index contributed by atoms with van der Waals surface area (Å²) in [5.74, 6) is -0.130. The van der Waals surface area contributed by atoms with Crippen molar-refractivity contribution >= 4 is 18.3 Å². The molecular formula is C15H21ClF2N2O2. The van der Waals surface area contributed by atoms with Crippen LogP contribution < -0.4 is 15.4 Å². The lowest BCUT2D eigenvalue weighted by Gasteiger charge is -2.29.